The van der Waals surface area contributed by atoms with Crippen molar-refractivity contribution in [3.63, 3.8) is 0 Å². The van der Waals surface area contributed by atoms with Crippen LogP contribution in [0.3, 0.4) is 0 Å². The van der Waals surface area contributed by atoms with Gasteiger partial charge < -0.3 is 9.47 Å². The molecule has 4 aromatic carbocycles. The minimum Gasteiger partial charge on any atom is -0.497 e. The van der Waals surface area contributed by atoms with E-state index in [-0.39, 0.29) is 0 Å². The Morgan fingerprint density at radius 1 is 0.500 bits per heavy atom. The summed E-state index contributed by atoms with van der Waals surface area (Å²) in [5.41, 5.74) is 7.57. The van der Waals surface area contributed by atoms with E-state index in [0.717, 1.165) is 11.5 Å². The largest absolute Gasteiger partial charge is 0.497 e. The van der Waals surface area contributed by atoms with Gasteiger partial charge in [-0.05, 0) is 97.8 Å². The number of benzene rings is 4. The summed E-state index contributed by atoms with van der Waals surface area (Å²) in [5.74, 6) is 1.74. The number of thiophene rings is 2. The van der Waals surface area contributed by atoms with Gasteiger partial charge in [-0.15, -0.1) is 22.7 Å². The minimum absolute atomic E-state index is 0.868. The zero-order valence-electron chi connectivity index (χ0n) is 20.7. The van der Waals surface area contributed by atoms with E-state index in [1.54, 1.807) is 14.2 Å². The van der Waals surface area contributed by atoms with Crippen molar-refractivity contribution in [2.45, 2.75) is 13.8 Å². The Labute approximate surface area is 219 Å². The van der Waals surface area contributed by atoms with Gasteiger partial charge in [0.15, 0.2) is 0 Å². The summed E-state index contributed by atoms with van der Waals surface area (Å²) in [6.45, 7) is 4.35. The zero-order valence-corrected chi connectivity index (χ0v) is 22.3. The number of hydrogen-bond acceptors (Lipinski definition) is 4. The third-order valence-electron chi connectivity index (χ3n) is 6.64. The molecule has 0 fully saturated rings. The molecule has 0 spiro atoms. The van der Waals surface area contributed by atoms with Crippen LogP contribution in [-0.2, 0) is 0 Å². The van der Waals surface area contributed by atoms with Crippen molar-refractivity contribution in [3.05, 3.63) is 96.1 Å². The molecule has 0 bridgehead atoms. The zero-order chi connectivity index (χ0) is 24.8. The Kier molecular flexibility index (Phi) is 5.79. The van der Waals surface area contributed by atoms with E-state index in [2.05, 4.69) is 98.8 Å². The number of rotatable bonds is 5. The van der Waals surface area contributed by atoms with Crippen molar-refractivity contribution in [2.24, 2.45) is 0 Å². The highest BCUT2D eigenvalue weighted by Crippen LogP contribution is 2.53. The van der Waals surface area contributed by atoms with Crippen molar-refractivity contribution >= 4 is 42.8 Å². The molecule has 0 aliphatic rings. The van der Waals surface area contributed by atoms with Crippen LogP contribution in [-0.4, -0.2) is 14.2 Å². The number of methoxy groups -OCH3 is 2. The first-order chi connectivity index (χ1) is 17.6. The molecule has 2 aromatic heterocycles. The first-order valence-electron chi connectivity index (χ1n) is 11.9. The summed E-state index contributed by atoms with van der Waals surface area (Å²) >= 11 is 3.73. The second-order valence-corrected chi connectivity index (χ2v) is 11.2. The average molecular weight is 507 g/mol. The maximum atomic E-state index is 5.44. The van der Waals surface area contributed by atoms with E-state index in [9.17, 15) is 0 Å². The van der Waals surface area contributed by atoms with Gasteiger partial charge >= 0.3 is 0 Å². The molecule has 0 saturated heterocycles. The summed E-state index contributed by atoms with van der Waals surface area (Å²) in [7, 11) is 3.42. The van der Waals surface area contributed by atoms with Crippen LogP contribution in [0.2, 0.25) is 0 Å². The first kappa shape index (κ1) is 22.8. The molecule has 4 heteroatoms. The van der Waals surface area contributed by atoms with Crippen molar-refractivity contribution in [2.75, 3.05) is 14.2 Å². The minimum atomic E-state index is 0.868. The van der Waals surface area contributed by atoms with E-state index >= 15 is 0 Å². The van der Waals surface area contributed by atoms with Gasteiger partial charge in [0, 0.05) is 41.1 Å². The predicted octanol–water partition coefficient (Wildman–Crippen LogP) is 9.75. The Bertz CT molecular complexity index is 1570. The maximum absolute atomic E-state index is 5.44. The summed E-state index contributed by atoms with van der Waals surface area (Å²) < 4.78 is 13.5. The van der Waals surface area contributed by atoms with Gasteiger partial charge in [0.1, 0.15) is 11.5 Å². The molecule has 0 amide bonds. The lowest BCUT2D eigenvalue weighted by molar-refractivity contribution is 0.415. The fourth-order valence-electron chi connectivity index (χ4n) is 4.81. The van der Waals surface area contributed by atoms with E-state index in [0.29, 0.717) is 0 Å². The summed E-state index contributed by atoms with van der Waals surface area (Å²) in [6.07, 6.45) is 0. The van der Waals surface area contributed by atoms with Gasteiger partial charge in [-0.2, -0.15) is 0 Å². The maximum Gasteiger partial charge on any atom is 0.118 e. The number of ether oxygens (including phenoxy) is 2. The van der Waals surface area contributed by atoms with Crippen molar-refractivity contribution in [1.29, 1.82) is 0 Å². The van der Waals surface area contributed by atoms with Crippen molar-refractivity contribution < 1.29 is 9.47 Å². The molecule has 2 heterocycles. The molecule has 6 rings (SSSR count). The molecule has 0 N–H and O–H groups in total. The fraction of sp³-hybridized carbons (Fsp3) is 0.125. The van der Waals surface area contributed by atoms with E-state index < -0.39 is 0 Å². The van der Waals surface area contributed by atoms with Crippen LogP contribution in [0.4, 0.5) is 0 Å². The van der Waals surface area contributed by atoms with Gasteiger partial charge in [-0.1, -0.05) is 23.3 Å². The highest BCUT2D eigenvalue weighted by molar-refractivity contribution is 7.24. The first-order valence-corrected chi connectivity index (χ1v) is 13.5. The Balaban J connectivity index is 1.72. The summed E-state index contributed by atoms with van der Waals surface area (Å²) in [4.78, 5) is 2.57. The lowest BCUT2D eigenvalue weighted by Crippen LogP contribution is -1.86. The van der Waals surface area contributed by atoms with Crippen LogP contribution in [0.1, 0.15) is 11.1 Å². The molecule has 0 saturated carbocycles. The molecule has 2 nitrogen and oxygen atoms in total. The van der Waals surface area contributed by atoms with Gasteiger partial charge in [-0.25, -0.2) is 0 Å². The van der Waals surface area contributed by atoms with Crippen LogP contribution < -0.4 is 9.47 Å². The second kappa shape index (κ2) is 9.12. The second-order valence-electron chi connectivity index (χ2n) is 9.07. The molecular formula is C32H26O2S2. The molecule has 0 aliphatic carbocycles. The van der Waals surface area contributed by atoms with E-state index in [1.807, 2.05) is 22.7 Å². The molecule has 0 unspecified atom stereocenters. The van der Waals surface area contributed by atoms with Gasteiger partial charge in [0.2, 0.25) is 0 Å². The Hall–Kier alpha value is -3.60. The Morgan fingerprint density at radius 3 is 1.25 bits per heavy atom. The quantitative estimate of drug-likeness (QED) is 0.232. The summed E-state index contributed by atoms with van der Waals surface area (Å²) in [6, 6.07) is 30.5. The van der Waals surface area contributed by atoms with E-state index in [1.165, 1.54) is 63.3 Å². The highest BCUT2D eigenvalue weighted by atomic mass is 32.1. The highest BCUT2D eigenvalue weighted by Gasteiger charge is 2.23. The third-order valence-corrected chi connectivity index (χ3v) is 9.08. The number of aryl methyl sites for hydroxylation is 2. The van der Waals surface area contributed by atoms with Crippen LogP contribution in [0, 0.1) is 13.8 Å². The van der Waals surface area contributed by atoms with Gasteiger partial charge in [0.25, 0.3) is 0 Å². The third kappa shape index (κ3) is 3.87. The number of hydrogen-bond donors (Lipinski definition) is 0. The molecule has 0 radical (unpaired) electrons. The molecule has 0 atom stereocenters. The van der Waals surface area contributed by atoms with Crippen LogP contribution in [0.15, 0.2) is 84.9 Å². The summed E-state index contributed by atoms with van der Waals surface area (Å²) in [5, 5.41) is 2.61. The number of fused-ring (bicyclic) bond motifs is 2. The monoisotopic (exact) mass is 506 g/mol. The van der Waals surface area contributed by atoms with Gasteiger partial charge in [-0.3, -0.25) is 0 Å². The van der Waals surface area contributed by atoms with Gasteiger partial charge in [0.05, 0.1) is 14.2 Å². The topological polar surface area (TPSA) is 18.5 Å². The Morgan fingerprint density at radius 2 is 0.889 bits per heavy atom. The molecular weight excluding hydrogens is 480 g/mol. The average Bonchev–Trinajstić information content (AvgIpc) is 3.46. The normalized spacial score (nSPS) is 11.3. The van der Waals surface area contributed by atoms with Crippen molar-refractivity contribution in [1.82, 2.24) is 0 Å². The predicted molar refractivity (Wildman–Crippen MR) is 156 cm³/mol. The lowest BCUT2D eigenvalue weighted by Gasteiger charge is -2.11. The van der Waals surface area contributed by atoms with Crippen LogP contribution >= 0.6 is 22.7 Å². The molecule has 36 heavy (non-hydrogen) atoms. The van der Waals surface area contributed by atoms with E-state index in [4.69, 9.17) is 9.47 Å². The molecule has 6 aromatic rings. The standard InChI is InChI=1S/C32H26O2S2/c1-19-5-15-27-25(17-19)29(31(35-27)21-7-11-23(33-3)12-8-21)30-26-18-20(2)6-16-28(26)36-32(30)22-9-13-24(34-4)14-10-22/h5-18H,1-4H3. The molecule has 0 aliphatic heterocycles. The fourth-order valence-corrected chi connectivity index (χ4v) is 7.20. The lowest BCUT2D eigenvalue weighted by atomic mass is 9.93. The van der Waals surface area contributed by atoms with Crippen LogP contribution in [0.5, 0.6) is 11.5 Å². The molecule has 178 valence electrons. The smallest absolute Gasteiger partial charge is 0.118 e. The van der Waals surface area contributed by atoms with Crippen molar-refractivity contribution in [3.8, 4) is 43.5 Å². The SMILES string of the molecule is COc1ccc(-c2sc3ccc(C)cc3c2-c2c(-c3ccc(OC)cc3)sc3ccc(C)cc23)cc1. The van der Waals surface area contributed by atoms with Crippen LogP contribution in [0.25, 0.3) is 52.2 Å².